The van der Waals surface area contributed by atoms with Crippen LogP contribution in [0.1, 0.15) is 35.6 Å². The van der Waals surface area contributed by atoms with Crippen molar-refractivity contribution in [2.75, 3.05) is 26.7 Å². The first-order chi connectivity index (χ1) is 18.6. The van der Waals surface area contributed by atoms with Crippen LogP contribution < -0.4 is 14.8 Å². The van der Waals surface area contributed by atoms with E-state index in [1.165, 1.54) is 25.3 Å². The number of methoxy groups -OCH3 is 1. The molecule has 8 nitrogen and oxygen atoms in total. The maximum atomic E-state index is 12.3. The number of rotatable bonds is 10. The minimum absolute atomic E-state index is 0.245. The van der Waals surface area contributed by atoms with Gasteiger partial charge in [0.1, 0.15) is 5.75 Å². The molecule has 0 radical (unpaired) electrons. The number of halogens is 3. The lowest BCUT2D eigenvalue weighted by molar-refractivity contribution is -0.274. The Hall–Kier alpha value is -3.67. The van der Waals surface area contributed by atoms with E-state index < -0.39 is 18.4 Å². The summed E-state index contributed by atoms with van der Waals surface area (Å²) >= 11 is 0. The summed E-state index contributed by atoms with van der Waals surface area (Å²) in [5, 5.41) is 24.3. The average Bonchev–Trinajstić information content (AvgIpc) is 2.90. The van der Waals surface area contributed by atoms with Gasteiger partial charge in [-0.1, -0.05) is 24.3 Å². The van der Waals surface area contributed by atoms with Gasteiger partial charge in [-0.15, -0.1) is 13.2 Å². The van der Waals surface area contributed by atoms with Gasteiger partial charge in [0.05, 0.1) is 18.7 Å². The van der Waals surface area contributed by atoms with Gasteiger partial charge in [0.25, 0.3) is 0 Å². The first-order valence-electron chi connectivity index (χ1n) is 12.5. The smallest absolute Gasteiger partial charge is 0.481 e. The predicted molar refractivity (Wildman–Crippen MR) is 139 cm³/mol. The summed E-state index contributed by atoms with van der Waals surface area (Å²) in [4.78, 5) is 17.7. The fourth-order valence-electron chi connectivity index (χ4n) is 4.67. The summed E-state index contributed by atoms with van der Waals surface area (Å²) in [6.45, 7) is 2.47. The summed E-state index contributed by atoms with van der Waals surface area (Å²) in [6, 6.07) is 13.1. The second kappa shape index (κ2) is 12.5. The third-order valence-corrected chi connectivity index (χ3v) is 6.64. The zero-order valence-corrected chi connectivity index (χ0v) is 21.3. The summed E-state index contributed by atoms with van der Waals surface area (Å²) in [6.07, 6.45) is -1.25. The average molecular weight is 546 g/mol. The number of carboxylic acids is 1. The lowest BCUT2D eigenvalue weighted by Crippen LogP contribution is -2.43. The second-order valence-electron chi connectivity index (χ2n) is 9.33. The Balaban J connectivity index is 1.34. The van der Waals surface area contributed by atoms with Crippen molar-refractivity contribution < 1.29 is 37.7 Å². The van der Waals surface area contributed by atoms with Crippen LogP contribution >= 0.6 is 0 Å². The maximum Gasteiger partial charge on any atom is 0.573 e. The number of nitrogens with one attached hydrogen (secondary N) is 1. The highest BCUT2D eigenvalue weighted by Gasteiger charge is 2.31. The Morgan fingerprint density at radius 2 is 1.87 bits per heavy atom. The number of likely N-dealkylation sites (tertiary alicyclic amines) is 1. The lowest BCUT2D eigenvalue weighted by atomic mass is 9.98. The number of aliphatic carboxylic acids is 1. The van der Waals surface area contributed by atoms with E-state index in [0.29, 0.717) is 41.0 Å². The fourth-order valence-corrected chi connectivity index (χ4v) is 4.67. The number of aromatic nitrogens is 1. The van der Waals surface area contributed by atoms with Gasteiger partial charge in [-0.25, -0.2) is 9.78 Å². The maximum absolute atomic E-state index is 12.3. The largest absolute Gasteiger partial charge is 0.573 e. The molecule has 0 spiro atoms. The molecule has 0 saturated carbocycles. The molecule has 0 amide bonds. The molecule has 1 aliphatic rings. The van der Waals surface area contributed by atoms with Gasteiger partial charge >= 0.3 is 12.3 Å². The predicted octanol–water partition coefficient (Wildman–Crippen LogP) is 4.53. The number of β-amino-alcohol motifs (C(OH)–C–C–N with tert-alkyl or cyclic N) is 1. The number of nitrogens with zero attached hydrogens (tertiary/aromatic N) is 2. The number of aliphatic hydroxyl groups excluding tert-OH is 1. The number of benzene rings is 2. The molecule has 1 aromatic heterocycles. The molecule has 39 heavy (non-hydrogen) atoms. The van der Waals surface area contributed by atoms with Gasteiger partial charge in [0, 0.05) is 42.2 Å². The molecule has 3 aromatic rings. The third kappa shape index (κ3) is 7.92. The molecular weight excluding hydrogens is 515 g/mol. The van der Waals surface area contributed by atoms with Crippen LogP contribution in [0.5, 0.6) is 11.6 Å². The molecule has 0 bridgehead atoms. The summed E-state index contributed by atoms with van der Waals surface area (Å²) in [5.41, 5.74) is 2.72. The number of hydrogen-bond donors (Lipinski definition) is 3. The summed E-state index contributed by atoms with van der Waals surface area (Å²) in [5.74, 6) is -0.907. The van der Waals surface area contributed by atoms with Crippen LogP contribution in [0.15, 0.2) is 54.6 Å². The minimum Gasteiger partial charge on any atom is -0.481 e. The Morgan fingerprint density at radius 1 is 1.15 bits per heavy atom. The van der Waals surface area contributed by atoms with E-state index in [2.05, 4.69) is 19.9 Å². The highest BCUT2D eigenvalue weighted by atomic mass is 19.4. The lowest BCUT2D eigenvalue weighted by Gasteiger charge is -2.33. The normalized spacial score (nSPS) is 16.0. The number of carbonyl (C=O) groups is 1. The molecular formula is C28H30F3N3O5. The van der Waals surface area contributed by atoms with Crippen LogP contribution in [0.3, 0.4) is 0 Å². The number of pyridine rings is 1. The Bertz CT molecular complexity index is 1310. The van der Waals surface area contributed by atoms with Crippen LogP contribution in [0.2, 0.25) is 0 Å². The molecule has 1 fully saturated rings. The van der Waals surface area contributed by atoms with Gasteiger partial charge in [-0.3, -0.25) is 0 Å². The van der Waals surface area contributed by atoms with Gasteiger partial charge in [-0.2, -0.15) is 0 Å². The van der Waals surface area contributed by atoms with Gasteiger partial charge in [0.2, 0.25) is 5.88 Å². The van der Waals surface area contributed by atoms with Crippen molar-refractivity contribution >= 4 is 22.9 Å². The number of ether oxygens (including phenoxy) is 2. The summed E-state index contributed by atoms with van der Waals surface area (Å²) < 4.78 is 46.1. The number of carboxylic acid groups (broad SMARTS) is 1. The molecule has 3 N–H and O–H groups in total. The number of fused-ring (bicyclic) bond motifs is 1. The third-order valence-electron chi connectivity index (χ3n) is 6.64. The van der Waals surface area contributed by atoms with Crippen molar-refractivity contribution in [3.63, 3.8) is 0 Å². The number of alkyl halides is 3. The van der Waals surface area contributed by atoms with Gasteiger partial charge < -0.3 is 29.9 Å². The van der Waals surface area contributed by atoms with Crippen LogP contribution in [-0.2, 0) is 11.3 Å². The highest BCUT2D eigenvalue weighted by Crippen LogP contribution is 2.30. The van der Waals surface area contributed by atoms with Crippen molar-refractivity contribution in [3.8, 4) is 11.6 Å². The van der Waals surface area contributed by atoms with Crippen LogP contribution in [0, 0.1) is 0 Å². The molecule has 2 heterocycles. The van der Waals surface area contributed by atoms with Crippen molar-refractivity contribution in [1.29, 1.82) is 0 Å². The first-order valence-corrected chi connectivity index (χ1v) is 12.5. The fraction of sp³-hybridized carbons (Fsp3) is 0.357. The first kappa shape index (κ1) is 28.3. The summed E-state index contributed by atoms with van der Waals surface area (Å²) in [7, 11) is 1.51. The van der Waals surface area contributed by atoms with Crippen molar-refractivity contribution in [2.45, 2.75) is 37.9 Å². The second-order valence-corrected chi connectivity index (χ2v) is 9.33. The highest BCUT2D eigenvalue weighted by molar-refractivity contribution is 5.94. The molecule has 4 rings (SSSR count). The van der Waals surface area contributed by atoms with Crippen molar-refractivity contribution in [3.05, 3.63) is 71.3 Å². The van der Waals surface area contributed by atoms with Crippen molar-refractivity contribution in [1.82, 2.24) is 15.2 Å². The van der Waals surface area contributed by atoms with Gasteiger partial charge in [0.15, 0.2) is 0 Å². The standard InChI is InChI=1S/C28H30F3N3O5/c1-38-25-10-9-22-19(5-11-26(36)37)4-8-23(27(22)33-25)24(35)17-34-14-12-20(13-15-34)32-16-18-2-6-21(7-3-18)39-28(29,30)31/h2-11,20,24,32,35H,12-17H2,1H3,(H,36,37)/b11-5+. The molecule has 2 aromatic carbocycles. The van der Waals surface area contributed by atoms with E-state index >= 15 is 0 Å². The molecule has 0 aliphatic carbocycles. The zero-order chi connectivity index (χ0) is 28.0. The van der Waals surface area contributed by atoms with E-state index in [9.17, 15) is 23.1 Å². The monoisotopic (exact) mass is 545 g/mol. The van der Waals surface area contributed by atoms with Crippen LogP contribution in [0.4, 0.5) is 13.2 Å². The number of aliphatic hydroxyl groups is 1. The number of piperidine rings is 1. The van der Waals surface area contributed by atoms with E-state index in [-0.39, 0.29) is 11.8 Å². The van der Waals surface area contributed by atoms with Crippen LogP contribution in [-0.4, -0.2) is 65.2 Å². The molecule has 208 valence electrons. The van der Waals surface area contributed by atoms with E-state index in [4.69, 9.17) is 9.84 Å². The molecule has 11 heteroatoms. The Kier molecular flexibility index (Phi) is 9.05. The Morgan fingerprint density at radius 3 is 2.51 bits per heavy atom. The molecule has 1 unspecified atom stereocenters. The molecule has 1 saturated heterocycles. The minimum atomic E-state index is -4.71. The topological polar surface area (TPSA) is 104 Å². The molecule has 1 atom stereocenters. The zero-order valence-electron chi connectivity index (χ0n) is 21.3. The van der Waals surface area contributed by atoms with Crippen LogP contribution in [0.25, 0.3) is 17.0 Å². The SMILES string of the molecule is COc1ccc2c(/C=C/C(=O)O)ccc(C(O)CN3CCC(NCc4ccc(OC(F)(F)F)cc4)CC3)c2n1. The quantitative estimate of drug-likeness (QED) is 0.320. The van der Waals surface area contributed by atoms with Crippen molar-refractivity contribution in [2.24, 2.45) is 0 Å². The Labute approximate surface area is 223 Å². The number of hydrogen-bond acceptors (Lipinski definition) is 7. The van der Waals surface area contributed by atoms with E-state index in [1.54, 1.807) is 36.4 Å². The van der Waals surface area contributed by atoms with E-state index in [0.717, 1.165) is 37.6 Å². The van der Waals surface area contributed by atoms with E-state index in [1.807, 2.05) is 0 Å². The van der Waals surface area contributed by atoms with Gasteiger partial charge in [-0.05, 0) is 61.3 Å². The molecule has 1 aliphatic heterocycles.